The molecule has 23 heavy (non-hydrogen) atoms. The van der Waals surface area contributed by atoms with Gasteiger partial charge in [-0.2, -0.15) is 0 Å². The van der Waals surface area contributed by atoms with E-state index < -0.39 is 0 Å². The number of methoxy groups -OCH3 is 1. The SMILES string of the molecule is COc1ccc(C(NC(=O)Cc2ccc(Cl)cc2)C(C)C)cc1. The minimum Gasteiger partial charge on any atom is -0.497 e. The molecule has 4 heteroatoms. The van der Waals surface area contributed by atoms with Crippen molar-refractivity contribution in [1.82, 2.24) is 5.32 Å². The Morgan fingerprint density at radius 3 is 2.22 bits per heavy atom. The fourth-order valence-electron chi connectivity index (χ4n) is 2.46. The largest absolute Gasteiger partial charge is 0.497 e. The zero-order valence-electron chi connectivity index (χ0n) is 13.7. The summed E-state index contributed by atoms with van der Waals surface area (Å²) in [5.41, 5.74) is 2.02. The van der Waals surface area contributed by atoms with Crippen molar-refractivity contribution in [2.45, 2.75) is 26.3 Å². The number of ether oxygens (including phenoxy) is 1. The molecule has 1 amide bonds. The number of nitrogens with one attached hydrogen (secondary N) is 1. The molecule has 1 atom stereocenters. The van der Waals surface area contributed by atoms with Crippen molar-refractivity contribution in [2.75, 3.05) is 7.11 Å². The third-order valence-corrected chi connectivity index (χ3v) is 3.99. The van der Waals surface area contributed by atoms with Crippen LogP contribution in [0.15, 0.2) is 48.5 Å². The molecule has 0 saturated carbocycles. The van der Waals surface area contributed by atoms with E-state index in [1.807, 2.05) is 36.4 Å². The van der Waals surface area contributed by atoms with Gasteiger partial charge in [0.15, 0.2) is 0 Å². The summed E-state index contributed by atoms with van der Waals surface area (Å²) >= 11 is 5.87. The first-order valence-electron chi connectivity index (χ1n) is 7.67. The van der Waals surface area contributed by atoms with Crippen molar-refractivity contribution in [1.29, 1.82) is 0 Å². The molecule has 0 aliphatic carbocycles. The molecule has 0 bridgehead atoms. The van der Waals surface area contributed by atoms with Gasteiger partial charge in [-0.1, -0.05) is 49.7 Å². The van der Waals surface area contributed by atoms with E-state index in [2.05, 4.69) is 19.2 Å². The highest BCUT2D eigenvalue weighted by Gasteiger charge is 2.18. The number of hydrogen-bond acceptors (Lipinski definition) is 2. The summed E-state index contributed by atoms with van der Waals surface area (Å²) in [4.78, 5) is 12.3. The second kappa shape index (κ2) is 8.02. The van der Waals surface area contributed by atoms with Crippen molar-refractivity contribution in [2.24, 2.45) is 5.92 Å². The second-order valence-corrected chi connectivity index (χ2v) is 6.30. The molecule has 2 aromatic rings. The number of benzene rings is 2. The standard InChI is InChI=1S/C19H22ClNO2/c1-13(2)19(15-6-10-17(23-3)11-7-15)21-18(22)12-14-4-8-16(20)9-5-14/h4-11,13,19H,12H2,1-3H3,(H,21,22). The average Bonchev–Trinajstić information content (AvgIpc) is 2.55. The van der Waals surface area contributed by atoms with Crippen molar-refractivity contribution >= 4 is 17.5 Å². The van der Waals surface area contributed by atoms with E-state index in [9.17, 15) is 4.79 Å². The lowest BCUT2D eigenvalue weighted by Gasteiger charge is -2.23. The molecule has 0 aliphatic heterocycles. The topological polar surface area (TPSA) is 38.3 Å². The number of amides is 1. The fraction of sp³-hybridized carbons (Fsp3) is 0.316. The van der Waals surface area contributed by atoms with Crippen molar-refractivity contribution in [3.63, 3.8) is 0 Å². The number of rotatable bonds is 6. The van der Waals surface area contributed by atoms with Gasteiger partial charge in [0.1, 0.15) is 5.75 Å². The van der Waals surface area contributed by atoms with Crippen LogP contribution < -0.4 is 10.1 Å². The Labute approximate surface area is 142 Å². The van der Waals surface area contributed by atoms with Gasteiger partial charge < -0.3 is 10.1 Å². The third kappa shape index (κ3) is 5.00. The molecule has 0 fully saturated rings. The summed E-state index contributed by atoms with van der Waals surface area (Å²) in [5, 5.41) is 3.79. The Morgan fingerprint density at radius 1 is 1.09 bits per heavy atom. The van der Waals surface area contributed by atoms with Gasteiger partial charge in [-0.25, -0.2) is 0 Å². The summed E-state index contributed by atoms with van der Waals surface area (Å²) in [5.74, 6) is 1.10. The maximum atomic E-state index is 12.3. The van der Waals surface area contributed by atoms with E-state index in [1.165, 1.54) is 0 Å². The molecule has 0 aromatic heterocycles. The Balaban J connectivity index is 2.06. The molecule has 0 aliphatic rings. The molecule has 0 heterocycles. The van der Waals surface area contributed by atoms with Crippen molar-refractivity contribution < 1.29 is 9.53 Å². The Kier molecular flexibility index (Phi) is 6.05. The zero-order valence-corrected chi connectivity index (χ0v) is 14.4. The highest BCUT2D eigenvalue weighted by atomic mass is 35.5. The van der Waals surface area contributed by atoms with E-state index >= 15 is 0 Å². The van der Waals surface area contributed by atoms with E-state index in [1.54, 1.807) is 19.2 Å². The van der Waals surface area contributed by atoms with E-state index in [-0.39, 0.29) is 17.9 Å². The van der Waals surface area contributed by atoms with Crippen molar-refractivity contribution in [3.05, 3.63) is 64.7 Å². The lowest BCUT2D eigenvalue weighted by Crippen LogP contribution is -2.32. The smallest absolute Gasteiger partial charge is 0.224 e. The van der Waals surface area contributed by atoms with Gasteiger partial charge in [0.25, 0.3) is 0 Å². The maximum absolute atomic E-state index is 12.3. The number of halogens is 1. The van der Waals surface area contributed by atoms with Gasteiger partial charge in [-0.05, 0) is 41.3 Å². The highest BCUT2D eigenvalue weighted by Crippen LogP contribution is 2.24. The summed E-state index contributed by atoms with van der Waals surface area (Å²) in [6.07, 6.45) is 0.344. The molecule has 1 unspecified atom stereocenters. The summed E-state index contributed by atoms with van der Waals surface area (Å²) in [6.45, 7) is 4.19. The summed E-state index contributed by atoms with van der Waals surface area (Å²) in [6, 6.07) is 15.1. The molecule has 2 aromatic carbocycles. The van der Waals surface area contributed by atoms with E-state index in [0.717, 1.165) is 16.9 Å². The number of hydrogen-bond donors (Lipinski definition) is 1. The van der Waals surface area contributed by atoms with Gasteiger partial charge in [-0.15, -0.1) is 0 Å². The summed E-state index contributed by atoms with van der Waals surface area (Å²) in [7, 11) is 1.64. The van der Waals surface area contributed by atoms with Crippen molar-refractivity contribution in [3.8, 4) is 5.75 Å². The van der Waals surface area contributed by atoms with Crippen LogP contribution in [0.4, 0.5) is 0 Å². The predicted molar refractivity (Wildman–Crippen MR) is 93.9 cm³/mol. The van der Waals surface area contributed by atoms with Gasteiger partial charge in [0.2, 0.25) is 5.91 Å². The summed E-state index contributed by atoms with van der Waals surface area (Å²) < 4.78 is 5.18. The van der Waals surface area contributed by atoms with Crippen LogP contribution in [-0.4, -0.2) is 13.0 Å². The average molecular weight is 332 g/mol. The van der Waals surface area contributed by atoms with Crippen LogP contribution >= 0.6 is 11.6 Å². The second-order valence-electron chi connectivity index (χ2n) is 5.87. The predicted octanol–water partition coefficient (Wildman–Crippen LogP) is 4.40. The molecule has 2 rings (SSSR count). The van der Waals surface area contributed by atoms with Gasteiger partial charge in [-0.3, -0.25) is 4.79 Å². The van der Waals surface area contributed by atoms with Crippen LogP contribution in [0, 0.1) is 5.92 Å². The maximum Gasteiger partial charge on any atom is 0.224 e. The lowest BCUT2D eigenvalue weighted by atomic mass is 9.95. The first kappa shape index (κ1) is 17.4. The molecular formula is C19H22ClNO2. The van der Waals surface area contributed by atoms with Crippen LogP contribution in [0.25, 0.3) is 0 Å². The van der Waals surface area contributed by atoms with Gasteiger partial charge in [0.05, 0.1) is 19.6 Å². The van der Waals surface area contributed by atoms with E-state index in [0.29, 0.717) is 11.4 Å². The molecular weight excluding hydrogens is 310 g/mol. The first-order chi connectivity index (χ1) is 11.0. The number of carbonyl (C=O) groups excluding carboxylic acids is 1. The van der Waals surface area contributed by atoms with Crippen LogP contribution in [0.2, 0.25) is 5.02 Å². The Morgan fingerprint density at radius 2 is 1.70 bits per heavy atom. The molecule has 0 spiro atoms. The van der Waals surface area contributed by atoms with Crippen LogP contribution in [0.1, 0.15) is 31.0 Å². The van der Waals surface area contributed by atoms with E-state index in [4.69, 9.17) is 16.3 Å². The first-order valence-corrected chi connectivity index (χ1v) is 8.05. The third-order valence-electron chi connectivity index (χ3n) is 3.74. The molecule has 0 radical (unpaired) electrons. The molecule has 3 nitrogen and oxygen atoms in total. The highest BCUT2D eigenvalue weighted by molar-refractivity contribution is 6.30. The minimum absolute atomic E-state index is 0.00170. The van der Waals surface area contributed by atoms with Gasteiger partial charge >= 0.3 is 0 Å². The Hall–Kier alpha value is -2.00. The van der Waals surface area contributed by atoms with Crippen LogP contribution in [0.5, 0.6) is 5.75 Å². The lowest BCUT2D eigenvalue weighted by molar-refractivity contribution is -0.121. The van der Waals surface area contributed by atoms with Gasteiger partial charge in [0, 0.05) is 5.02 Å². The quantitative estimate of drug-likeness (QED) is 0.851. The monoisotopic (exact) mass is 331 g/mol. The van der Waals surface area contributed by atoms with Crippen LogP contribution in [0.3, 0.4) is 0 Å². The fourth-order valence-corrected chi connectivity index (χ4v) is 2.58. The normalized spacial score (nSPS) is 12.0. The zero-order chi connectivity index (χ0) is 16.8. The Bertz CT molecular complexity index is 635. The number of carbonyl (C=O) groups is 1. The molecule has 1 N–H and O–H groups in total. The van der Waals surface area contributed by atoms with Crippen LogP contribution in [-0.2, 0) is 11.2 Å². The molecule has 122 valence electrons. The minimum atomic E-state index is -0.0271. The molecule has 0 saturated heterocycles.